The molecule has 0 atom stereocenters. The number of amides is 2. The Kier molecular flexibility index (Phi) is 8.76. The van der Waals surface area contributed by atoms with Crippen molar-refractivity contribution in [3.8, 4) is 0 Å². The zero-order chi connectivity index (χ0) is 28.5. The van der Waals surface area contributed by atoms with E-state index in [-0.39, 0.29) is 11.8 Å². The topological polar surface area (TPSA) is 92.2 Å². The van der Waals surface area contributed by atoms with Crippen molar-refractivity contribution in [1.29, 1.82) is 0 Å². The van der Waals surface area contributed by atoms with E-state index >= 15 is 0 Å². The molecule has 0 radical (unpaired) electrons. The van der Waals surface area contributed by atoms with Crippen LogP contribution in [-0.2, 0) is 24.8 Å². The average Bonchev–Trinajstić information content (AvgIpc) is 3.19. The lowest BCUT2D eigenvalue weighted by atomic mass is 9.95. The Bertz CT molecular complexity index is 1390. The highest BCUT2D eigenvalue weighted by atomic mass is 35.5. The van der Waals surface area contributed by atoms with E-state index in [0.29, 0.717) is 58.0 Å². The summed E-state index contributed by atoms with van der Waals surface area (Å²) in [5.41, 5.74) is 2.89. The normalized spacial score (nSPS) is 14.6. The van der Waals surface area contributed by atoms with Crippen LogP contribution in [0.15, 0.2) is 18.2 Å². The molecule has 0 spiro atoms. The van der Waals surface area contributed by atoms with Gasteiger partial charge in [-0.2, -0.15) is 0 Å². The first-order chi connectivity index (χ1) is 18.4. The first-order valence-electron chi connectivity index (χ1n) is 13.5. The van der Waals surface area contributed by atoms with Crippen LogP contribution < -0.4 is 15.5 Å². The van der Waals surface area contributed by atoms with Gasteiger partial charge in [0.25, 0.3) is 5.91 Å². The highest BCUT2D eigenvalue weighted by Crippen LogP contribution is 2.32. The standard InChI is InChI=1S/C29H38Cl2N6O2/c1-7-32-27(38)20-14-22-26(35-25(20)37-12-10-17(2)11-13-37)36(6)23(34-22)15-19-21(30)9-8-18(24(19)31)16-33-28(39)29(3,4)5/h8-9,14,17H,7,10-13,15-16H2,1-6H3,(H,32,38)(H,33,39). The number of halogens is 2. The van der Waals surface area contributed by atoms with Crippen LogP contribution in [0.4, 0.5) is 5.82 Å². The summed E-state index contributed by atoms with van der Waals surface area (Å²) in [5, 5.41) is 6.90. The Morgan fingerprint density at radius 3 is 2.44 bits per heavy atom. The molecule has 1 fully saturated rings. The van der Waals surface area contributed by atoms with Crippen LogP contribution >= 0.6 is 23.2 Å². The van der Waals surface area contributed by atoms with Crippen molar-refractivity contribution in [2.45, 2.75) is 60.4 Å². The summed E-state index contributed by atoms with van der Waals surface area (Å²) >= 11 is 13.4. The molecule has 1 saturated heterocycles. The monoisotopic (exact) mass is 572 g/mol. The van der Waals surface area contributed by atoms with Crippen LogP contribution in [0.5, 0.6) is 0 Å². The van der Waals surface area contributed by atoms with Crippen molar-refractivity contribution >= 4 is 52.0 Å². The lowest BCUT2D eigenvalue weighted by Gasteiger charge is -2.32. The highest BCUT2D eigenvalue weighted by Gasteiger charge is 2.26. The molecule has 10 heteroatoms. The number of nitrogens with zero attached hydrogens (tertiary/aromatic N) is 4. The van der Waals surface area contributed by atoms with Crippen LogP contribution in [0, 0.1) is 11.3 Å². The third-order valence-corrected chi connectivity index (χ3v) is 8.13. The van der Waals surface area contributed by atoms with E-state index in [0.717, 1.165) is 42.9 Å². The number of benzene rings is 1. The summed E-state index contributed by atoms with van der Waals surface area (Å²) < 4.78 is 1.94. The number of pyridine rings is 1. The van der Waals surface area contributed by atoms with E-state index < -0.39 is 5.41 Å². The number of rotatable bonds is 7. The number of aryl methyl sites for hydroxylation is 1. The number of imidazole rings is 1. The molecule has 0 aliphatic carbocycles. The maximum Gasteiger partial charge on any atom is 0.255 e. The van der Waals surface area contributed by atoms with E-state index in [4.69, 9.17) is 33.2 Å². The molecule has 2 amide bonds. The second kappa shape index (κ2) is 11.7. The molecule has 4 rings (SSSR count). The zero-order valence-electron chi connectivity index (χ0n) is 23.6. The minimum Gasteiger partial charge on any atom is -0.356 e. The maximum atomic E-state index is 13.0. The van der Waals surface area contributed by atoms with Gasteiger partial charge in [-0.15, -0.1) is 0 Å². The molecule has 2 aromatic heterocycles. The number of hydrogen-bond acceptors (Lipinski definition) is 5. The second-order valence-corrected chi connectivity index (χ2v) is 12.2. The molecule has 1 aromatic carbocycles. The molecule has 1 aliphatic rings. The van der Waals surface area contributed by atoms with Gasteiger partial charge >= 0.3 is 0 Å². The summed E-state index contributed by atoms with van der Waals surface area (Å²) in [6, 6.07) is 5.47. The number of fused-ring (bicyclic) bond motifs is 1. The molecule has 1 aliphatic heterocycles. The minimum atomic E-state index is -0.500. The van der Waals surface area contributed by atoms with Gasteiger partial charge in [0.05, 0.1) is 10.6 Å². The van der Waals surface area contributed by atoms with Gasteiger partial charge in [-0.1, -0.05) is 57.0 Å². The number of carbonyl (C=O) groups excluding carboxylic acids is 2. The summed E-state index contributed by atoms with van der Waals surface area (Å²) in [4.78, 5) is 37.4. The molecule has 0 saturated carbocycles. The molecule has 39 heavy (non-hydrogen) atoms. The lowest BCUT2D eigenvalue weighted by Crippen LogP contribution is -2.36. The number of hydrogen-bond donors (Lipinski definition) is 2. The predicted octanol–water partition coefficient (Wildman–Crippen LogP) is 5.51. The molecule has 3 aromatic rings. The molecule has 0 bridgehead atoms. The van der Waals surface area contributed by atoms with Gasteiger partial charge in [0.15, 0.2) is 5.65 Å². The Balaban J connectivity index is 1.69. The molecule has 3 heterocycles. The fourth-order valence-electron chi connectivity index (χ4n) is 4.73. The first kappa shape index (κ1) is 29.2. The van der Waals surface area contributed by atoms with Crippen LogP contribution in [-0.4, -0.2) is 46.0 Å². The van der Waals surface area contributed by atoms with Gasteiger partial charge < -0.3 is 20.1 Å². The van der Waals surface area contributed by atoms with E-state index in [1.807, 2.05) is 51.4 Å². The first-order valence-corrected chi connectivity index (χ1v) is 14.3. The van der Waals surface area contributed by atoms with Gasteiger partial charge in [0.2, 0.25) is 5.91 Å². The van der Waals surface area contributed by atoms with Crippen LogP contribution in [0.2, 0.25) is 10.0 Å². The van der Waals surface area contributed by atoms with Gasteiger partial charge in [0, 0.05) is 50.1 Å². The predicted molar refractivity (Wildman–Crippen MR) is 158 cm³/mol. The zero-order valence-corrected chi connectivity index (χ0v) is 25.1. The third-order valence-electron chi connectivity index (χ3n) is 7.30. The number of aromatic nitrogens is 3. The van der Waals surface area contributed by atoms with Crippen molar-refractivity contribution in [3.63, 3.8) is 0 Å². The molecule has 210 valence electrons. The van der Waals surface area contributed by atoms with Crippen LogP contribution in [0.3, 0.4) is 0 Å². The van der Waals surface area contributed by atoms with Gasteiger partial charge in [-0.3, -0.25) is 9.59 Å². The van der Waals surface area contributed by atoms with Gasteiger partial charge in [-0.25, -0.2) is 9.97 Å². The quantitative estimate of drug-likeness (QED) is 0.389. The number of nitrogens with one attached hydrogen (secondary N) is 2. The van der Waals surface area contributed by atoms with E-state index in [9.17, 15) is 9.59 Å². The SMILES string of the molecule is CCNC(=O)c1cc2nc(Cc3c(Cl)ccc(CNC(=O)C(C)(C)C)c3Cl)n(C)c2nc1N1CCC(C)CC1. The Morgan fingerprint density at radius 2 is 1.79 bits per heavy atom. The number of anilines is 1. The highest BCUT2D eigenvalue weighted by molar-refractivity contribution is 6.36. The molecular weight excluding hydrogens is 535 g/mol. The van der Waals surface area contributed by atoms with Crippen molar-refractivity contribution < 1.29 is 9.59 Å². The lowest BCUT2D eigenvalue weighted by molar-refractivity contribution is -0.128. The fraction of sp³-hybridized carbons (Fsp3) is 0.517. The number of piperidine rings is 1. The molecule has 2 N–H and O–H groups in total. The molecule has 8 nitrogen and oxygen atoms in total. The fourth-order valence-corrected chi connectivity index (χ4v) is 5.31. The van der Waals surface area contributed by atoms with E-state index in [1.54, 1.807) is 6.07 Å². The maximum absolute atomic E-state index is 13.0. The van der Waals surface area contributed by atoms with Crippen molar-refractivity contribution in [3.05, 3.63) is 50.8 Å². The summed E-state index contributed by atoms with van der Waals surface area (Å²) in [5.74, 6) is 1.88. The van der Waals surface area contributed by atoms with Crippen LogP contribution in [0.1, 0.15) is 74.8 Å². The smallest absolute Gasteiger partial charge is 0.255 e. The summed E-state index contributed by atoms with van der Waals surface area (Å²) in [6.45, 7) is 12.3. The summed E-state index contributed by atoms with van der Waals surface area (Å²) in [7, 11) is 1.92. The average molecular weight is 574 g/mol. The largest absolute Gasteiger partial charge is 0.356 e. The minimum absolute atomic E-state index is 0.0571. The third kappa shape index (κ3) is 6.33. The summed E-state index contributed by atoms with van der Waals surface area (Å²) in [6.07, 6.45) is 2.50. The number of carbonyl (C=O) groups is 2. The van der Waals surface area contributed by atoms with Crippen molar-refractivity contribution in [2.75, 3.05) is 24.5 Å². The van der Waals surface area contributed by atoms with Gasteiger partial charge in [0.1, 0.15) is 17.2 Å². The Labute approximate surface area is 240 Å². The van der Waals surface area contributed by atoms with Crippen LogP contribution in [0.25, 0.3) is 11.2 Å². The van der Waals surface area contributed by atoms with E-state index in [1.165, 1.54) is 0 Å². The Hall–Kier alpha value is -2.84. The van der Waals surface area contributed by atoms with Gasteiger partial charge in [-0.05, 0) is 48.9 Å². The van der Waals surface area contributed by atoms with Crippen molar-refractivity contribution in [1.82, 2.24) is 25.2 Å². The van der Waals surface area contributed by atoms with Crippen molar-refractivity contribution in [2.24, 2.45) is 18.4 Å². The Morgan fingerprint density at radius 1 is 1.10 bits per heavy atom. The molecule has 0 unspecified atom stereocenters. The molecular formula is C29H38Cl2N6O2. The van der Waals surface area contributed by atoms with E-state index in [2.05, 4.69) is 22.5 Å². The second-order valence-electron chi connectivity index (χ2n) is 11.4.